The van der Waals surface area contributed by atoms with Crippen LogP contribution in [-0.2, 0) is 4.74 Å². The van der Waals surface area contributed by atoms with Crippen LogP contribution in [0.2, 0.25) is 5.15 Å². The highest BCUT2D eigenvalue weighted by Crippen LogP contribution is 2.25. The summed E-state index contributed by atoms with van der Waals surface area (Å²) >= 11 is 5.52. The first-order valence-corrected chi connectivity index (χ1v) is 7.73. The Balaban J connectivity index is 1.98. The van der Waals surface area contributed by atoms with E-state index in [1.165, 1.54) is 9.80 Å². The van der Waals surface area contributed by atoms with Crippen molar-refractivity contribution in [2.45, 2.75) is 32.4 Å². The molecule has 1 fully saturated rings. The number of nitrogens with two attached hydrogens (primary N) is 1. The van der Waals surface area contributed by atoms with E-state index in [9.17, 15) is 14.0 Å². The molecule has 7 nitrogen and oxygen atoms in total. The topological polar surface area (TPSA) is 88.8 Å². The number of pyridine rings is 1. The molecule has 2 rings (SSSR count). The van der Waals surface area contributed by atoms with Crippen molar-refractivity contribution in [1.82, 2.24) is 14.8 Å². The summed E-state index contributed by atoms with van der Waals surface area (Å²) in [4.78, 5) is 30.8. The molecular formula is C15H20ClFN4O3. The summed E-state index contributed by atoms with van der Waals surface area (Å²) in [5.41, 5.74) is 4.61. The van der Waals surface area contributed by atoms with E-state index in [1.807, 2.05) is 0 Å². The summed E-state index contributed by atoms with van der Waals surface area (Å²) in [5, 5.41) is -0.379. The second-order valence-electron chi connectivity index (χ2n) is 6.65. The number of carbonyl (C=O) groups is 2. The zero-order chi connectivity index (χ0) is 18.2. The largest absolute Gasteiger partial charge is 0.444 e. The van der Waals surface area contributed by atoms with E-state index in [0.717, 1.165) is 6.20 Å². The molecule has 1 aromatic heterocycles. The summed E-state index contributed by atoms with van der Waals surface area (Å²) in [7, 11) is 1.61. The van der Waals surface area contributed by atoms with E-state index < -0.39 is 23.4 Å². The van der Waals surface area contributed by atoms with E-state index in [1.54, 1.807) is 27.8 Å². The number of amides is 2. The molecule has 1 aliphatic rings. The van der Waals surface area contributed by atoms with Crippen LogP contribution in [0.4, 0.5) is 14.9 Å². The number of carbonyl (C=O) groups excluding carboxylic acids is 2. The molecule has 2 heterocycles. The molecule has 1 aliphatic heterocycles. The Kier molecular flexibility index (Phi) is 4.89. The molecule has 0 radical (unpaired) electrons. The van der Waals surface area contributed by atoms with Crippen molar-refractivity contribution in [2.24, 2.45) is 0 Å². The predicted molar refractivity (Wildman–Crippen MR) is 87.3 cm³/mol. The smallest absolute Gasteiger partial charge is 0.410 e. The van der Waals surface area contributed by atoms with Gasteiger partial charge in [-0.1, -0.05) is 11.6 Å². The van der Waals surface area contributed by atoms with Crippen LogP contribution in [0.5, 0.6) is 0 Å². The van der Waals surface area contributed by atoms with Crippen LogP contribution in [0.25, 0.3) is 0 Å². The molecule has 0 bridgehead atoms. The Morgan fingerprint density at radius 2 is 2.04 bits per heavy atom. The fourth-order valence-electron chi connectivity index (χ4n) is 2.17. The number of aromatic nitrogens is 1. The first-order valence-electron chi connectivity index (χ1n) is 7.36. The number of rotatable bonds is 2. The minimum absolute atomic E-state index is 0.0460. The van der Waals surface area contributed by atoms with Crippen molar-refractivity contribution >= 4 is 29.3 Å². The molecule has 24 heavy (non-hydrogen) atoms. The molecule has 0 spiro atoms. The van der Waals surface area contributed by atoms with Gasteiger partial charge in [-0.25, -0.2) is 14.2 Å². The molecule has 0 unspecified atom stereocenters. The Morgan fingerprint density at radius 1 is 1.46 bits per heavy atom. The molecule has 132 valence electrons. The van der Waals surface area contributed by atoms with Crippen LogP contribution in [0.3, 0.4) is 0 Å². The first kappa shape index (κ1) is 18.3. The minimum atomic E-state index is -0.912. The van der Waals surface area contributed by atoms with Crippen LogP contribution in [0.1, 0.15) is 31.1 Å². The summed E-state index contributed by atoms with van der Waals surface area (Å²) < 4.78 is 18.9. The van der Waals surface area contributed by atoms with E-state index in [0.29, 0.717) is 13.1 Å². The van der Waals surface area contributed by atoms with Gasteiger partial charge in [0.15, 0.2) is 11.0 Å². The van der Waals surface area contributed by atoms with Gasteiger partial charge < -0.3 is 20.3 Å². The Labute approximate surface area is 144 Å². The number of ether oxygens (including phenoxy) is 1. The Morgan fingerprint density at radius 3 is 2.58 bits per heavy atom. The molecule has 0 atom stereocenters. The number of anilines is 1. The average molecular weight is 359 g/mol. The van der Waals surface area contributed by atoms with Crippen LogP contribution in [-0.4, -0.2) is 58.6 Å². The maximum absolute atomic E-state index is 13.6. The lowest BCUT2D eigenvalue weighted by atomic mass is 10.1. The molecule has 0 aromatic carbocycles. The zero-order valence-electron chi connectivity index (χ0n) is 14.0. The highest BCUT2D eigenvalue weighted by molar-refractivity contribution is 6.30. The van der Waals surface area contributed by atoms with Crippen LogP contribution in [0, 0.1) is 5.82 Å². The molecule has 9 heteroatoms. The van der Waals surface area contributed by atoms with Crippen molar-refractivity contribution in [3.63, 3.8) is 0 Å². The quantitative estimate of drug-likeness (QED) is 0.818. The number of likely N-dealkylation sites (tertiary alicyclic amines) is 1. The summed E-state index contributed by atoms with van der Waals surface area (Å²) in [5.74, 6) is -1.37. The van der Waals surface area contributed by atoms with Crippen molar-refractivity contribution < 1.29 is 18.7 Å². The average Bonchev–Trinajstić information content (AvgIpc) is 2.41. The third-order valence-electron chi connectivity index (χ3n) is 3.62. The number of nitrogens with zero attached hydrogens (tertiary/aromatic N) is 3. The van der Waals surface area contributed by atoms with Gasteiger partial charge >= 0.3 is 6.09 Å². The molecule has 0 aliphatic carbocycles. The van der Waals surface area contributed by atoms with E-state index in [-0.39, 0.29) is 22.4 Å². The van der Waals surface area contributed by atoms with E-state index in [4.69, 9.17) is 22.1 Å². The Hall–Kier alpha value is -2.09. The standard InChI is InChI=1S/C15H20ClFN4O3/c1-15(2,3)24-14(23)20(4)8-6-21(7-8)13(22)9-5-19-12(16)10(17)11(9)18/h5,8H,6-7H2,1-4H3,(H2,18,19). The molecule has 2 amide bonds. The highest BCUT2D eigenvalue weighted by atomic mass is 35.5. The number of nitrogen functional groups attached to an aromatic ring is 1. The molecule has 2 N–H and O–H groups in total. The maximum Gasteiger partial charge on any atom is 0.410 e. The lowest BCUT2D eigenvalue weighted by Gasteiger charge is -2.44. The van der Waals surface area contributed by atoms with Gasteiger partial charge in [0.05, 0.1) is 17.3 Å². The van der Waals surface area contributed by atoms with Gasteiger partial charge in [0.1, 0.15) is 5.60 Å². The molecule has 0 saturated carbocycles. The Bertz CT molecular complexity index is 671. The van der Waals surface area contributed by atoms with Gasteiger partial charge in [0.2, 0.25) is 0 Å². The van der Waals surface area contributed by atoms with Crippen LogP contribution < -0.4 is 5.73 Å². The van der Waals surface area contributed by atoms with E-state index >= 15 is 0 Å². The van der Waals surface area contributed by atoms with Gasteiger partial charge in [-0.2, -0.15) is 0 Å². The van der Waals surface area contributed by atoms with Crippen LogP contribution >= 0.6 is 11.6 Å². The van der Waals surface area contributed by atoms with Gasteiger partial charge in [-0.3, -0.25) is 4.79 Å². The van der Waals surface area contributed by atoms with Crippen LogP contribution in [0.15, 0.2) is 6.20 Å². The summed E-state index contributed by atoms with van der Waals surface area (Å²) in [6.07, 6.45) is 0.687. The minimum Gasteiger partial charge on any atom is -0.444 e. The highest BCUT2D eigenvalue weighted by Gasteiger charge is 2.38. The number of hydrogen-bond donors (Lipinski definition) is 1. The lowest BCUT2D eigenvalue weighted by molar-refractivity contribution is -0.00206. The summed E-state index contributed by atoms with van der Waals surface area (Å²) in [6, 6.07) is -0.171. The molecular weight excluding hydrogens is 339 g/mol. The van der Waals surface area contributed by atoms with Gasteiger partial charge in [-0.05, 0) is 20.8 Å². The third kappa shape index (κ3) is 3.69. The number of likely N-dealkylation sites (N-methyl/N-ethyl adjacent to an activating group) is 1. The summed E-state index contributed by atoms with van der Waals surface area (Å²) in [6.45, 7) is 5.94. The fraction of sp³-hybridized carbons (Fsp3) is 0.533. The zero-order valence-corrected chi connectivity index (χ0v) is 14.7. The number of halogens is 2. The number of hydrogen-bond acceptors (Lipinski definition) is 5. The molecule has 1 aromatic rings. The maximum atomic E-state index is 13.6. The van der Waals surface area contributed by atoms with E-state index in [2.05, 4.69) is 4.98 Å². The lowest BCUT2D eigenvalue weighted by Crippen LogP contribution is -2.61. The van der Waals surface area contributed by atoms with Crippen molar-refractivity contribution in [1.29, 1.82) is 0 Å². The van der Waals surface area contributed by atoms with Gasteiger partial charge in [0.25, 0.3) is 5.91 Å². The second kappa shape index (κ2) is 6.43. The SMILES string of the molecule is CN(C(=O)OC(C)(C)C)C1CN(C(=O)c2cnc(Cl)c(F)c2N)C1. The third-order valence-corrected chi connectivity index (χ3v) is 3.89. The van der Waals surface area contributed by atoms with Gasteiger partial charge in [0, 0.05) is 26.3 Å². The monoisotopic (exact) mass is 358 g/mol. The normalized spacial score (nSPS) is 15.0. The fourth-order valence-corrected chi connectivity index (χ4v) is 2.32. The first-order chi connectivity index (χ1) is 11.0. The van der Waals surface area contributed by atoms with Crippen molar-refractivity contribution in [3.05, 3.63) is 22.7 Å². The molecule has 1 saturated heterocycles. The van der Waals surface area contributed by atoms with Crippen molar-refractivity contribution in [2.75, 3.05) is 25.9 Å². The second-order valence-corrected chi connectivity index (χ2v) is 7.00. The van der Waals surface area contributed by atoms with Crippen molar-refractivity contribution in [3.8, 4) is 0 Å². The van der Waals surface area contributed by atoms with Gasteiger partial charge in [-0.15, -0.1) is 0 Å². The predicted octanol–water partition coefficient (Wildman–Crippen LogP) is 2.15.